The number of fused-ring (bicyclic) bond motifs is 1. The molecule has 0 amide bonds. The van der Waals surface area contributed by atoms with E-state index in [1.165, 1.54) is 29.3 Å². The molecule has 1 aromatic carbocycles. The van der Waals surface area contributed by atoms with Gasteiger partial charge in [-0.05, 0) is 32.0 Å². The molecular weight excluding hydrogens is 214 g/mol. The molecule has 0 aliphatic heterocycles. The highest BCUT2D eigenvalue weighted by Gasteiger charge is 2.07. The summed E-state index contributed by atoms with van der Waals surface area (Å²) in [4.78, 5) is 11.2. The highest BCUT2D eigenvalue weighted by atomic mass is 16.5. The lowest BCUT2D eigenvalue weighted by molar-refractivity contribution is -0.140. The van der Waals surface area contributed by atoms with Gasteiger partial charge in [0.05, 0.1) is 13.5 Å². The maximum Gasteiger partial charge on any atom is 0.307 e. The van der Waals surface area contributed by atoms with Crippen LogP contribution in [0.1, 0.15) is 17.7 Å². The molecule has 3 heteroatoms. The molecule has 2 rings (SSSR count). The van der Waals surface area contributed by atoms with Gasteiger partial charge in [-0.25, -0.2) is 0 Å². The number of carbonyl (C=O) groups is 1. The summed E-state index contributed by atoms with van der Waals surface area (Å²) in [5.41, 5.74) is 3.61. The van der Waals surface area contributed by atoms with Gasteiger partial charge < -0.3 is 9.30 Å². The summed E-state index contributed by atoms with van der Waals surface area (Å²) in [6.45, 7) is 4.82. The summed E-state index contributed by atoms with van der Waals surface area (Å²) in [5, 5.41) is 1.23. The second-order valence-electron chi connectivity index (χ2n) is 4.33. The van der Waals surface area contributed by atoms with E-state index in [0.717, 1.165) is 0 Å². The Morgan fingerprint density at radius 3 is 2.76 bits per heavy atom. The van der Waals surface area contributed by atoms with Gasteiger partial charge in [0.2, 0.25) is 0 Å². The van der Waals surface area contributed by atoms with Crippen LogP contribution in [0.2, 0.25) is 0 Å². The molecule has 0 spiro atoms. The third-order valence-corrected chi connectivity index (χ3v) is 3.03. The molecule has 90 valence electrons. The molecule has 0 aliphatic rings. The zero-order chi connectivity index (χ0) is 12.4. The van der Waals surface area contributed by atoms with Crippen LogP contribution >= 0.6 is 0 Å². The van der Waals surface area contributed by atoms with Crippen molar-refractivity contribution in [1.29, 1.82) is 0 Å². The fourth-order valence-electron chi connectivity index (χ4n) is 2.13. The Hall–Kier alpha value is -1.77. The molecule has 0 fully saturated rings. The molecule has 0 bridgehead atoms. The molecule has 2 aromatic rings. The van der Waals surface area contributed by atoms with E-state index in [1.54, 1.807) is 0 Å². The Bertz CT molecular complexity index is 555. The van der Waals surface area contributed by atoms with Crippen molar-refractivity contribution in [2.24, 2.45) is 0 Å². The van der Waals surface area contributed by atoms with Gasteiger partial charge in [-0.1, -0.05) is 11.6 Å². The molecule has 0 atom stereocenters. The molecule has 3 nitrogen and oxygen atoms in total. The first-order chi connectivity index (χ1) is 8.11. The molecular formula is C14H17NO2. The summed E-state index contributed by atoms with van der Waals surface area (Å²) >= 11 is 0. The Kier molecular flexibility index (Phi) is 3.18. The van der Waals surface area contributed by atoms with Gasteiger partial charge in [-0.15, -0.1) is 0 Å². The van der Waals surface area contributed by atoms with E-state index in [0.29, 0.717) is 13.0 Å². The second kappa shape index (κ2) is 4.62. The first kappa shape index (κ1) is 11.7. The van der Waals surface area contributed by atoms with E-state index >= 15 is 0 Å². The van der Waals surface area contributed by atoms with Crippen LogP contribution in [-0.2, 0) is 16.1 Å². The maximum absolute atomic E-state index is 11.2. The molecule has 0 aliphatic carbocycles. The number of rotatable bonds is 3. The highest BCUT2D eigenvalue weighted by molar-refractivity contribution is 5.82. The minimum Gasteiger partial charge on any atom is -0.469 e. The normalized spacial score (nSPS) is 10.8. The van der Waals surface area contributed by atoms with Crippen molar-refractivity contribution >= 4 is 16.9 Å². The fraction of sp³-hybridized carbons (Fsp3) is 0.357. The van der Waals surface area contributed by atoms with Crippen molar-refractivity contribution < 1.29 is 9.53 Å². The number of aryl methyl sites for hydroxylation is 3. The zero-order valence-corrected chi connectivity index (χ0v) is 10.5. The minimum absolute atomic E-state index is 0.168. The van der Waals surface area contributed by atoms with Gasteiger partial charge in [0.15, 0.2) is 0 Å². The quantitative estimate of drug-likeness (QED) is 0.761. The number of methoxy groups -OCH3 is 1. The average Bonchev–Trinajstić information content (AvgIpc) is 2.61. The fourth-order valence-corrected chi connectivity index (χ4v) is 2.13. The van der Waals surface area contributed by atoms with Gasteiger partial charge in [-0.2, -0.15) is 0 Å². The Balaban J connectivity index is 2.33. The first-order valence-electron chi connectivity index (χ1n) is 5.75. The summed E-state index contributed by atoms with van der Waals surface area (Å²) in [6.07, 6.45) is 0.412. The Morgan fingerprint density at radius 2 is 2.06 bits per heavy atom. The minimum atomic E-state index is -0.168. The largest absolute Gasteiger partial charge is 0.469 e. The number of carbonyl (C=O) groups excluding carboxylic acids is 1. The van der Waals surface area contributed by atoms with Crippen LogP contribution in [0.15, 0.2) is 24.3 Å². The van der Waals surface area contributed by atoms with Crippen LogP contribution in [0.5, 0.6) is 0 Å². The van der Waals surface area contributed by atoms with Crippen molar-refractivity contribution in [3.05, 3.63) is 35.5 Å². The number of esters is 1. The standard InChI is InChI=1S/C14H17NO2/c1-10-4-5-13-12(8-10)9-11(2)15(13)7-6-14(16)17-3/h4-5,8-9H,6-7H2,1-3H3. The van der Waals surface area contributed by atoms with E-state index < -0.39 is 0 Å². The van der Waals surface area contributed by atoms with E-state index in [-0.39, 0.29) is 5.97 Å². The van der Waals surface area contributed by atoms with Gasteiger partial charge in [0.25, 0.3) is 0 Å². The predicted octanol–water partition coefficient (Wildman–Crippen LogP) is 2.82. The number of hydrogen-bond donors (Lipinski definition) is 0. The van der Waals surface area contributed by atoms with Crippen LogP contribution in [0.4, 0.5) is 0 Å². The molecule has 0 saturated heterocycles. The van der Waals surface area contributed by atoms with Gasteiger partial charge in [0.1, 0.15) is 0 Å². The molecule has 1 heterocycles. The number of nitrogens with zero attached hydrogens (tertiary/aromatic N) is 1. The number of benzene rings is 1. The average molecular weight is 231 g/mol. The molecule has 0 saturated carbocycles. The van der Waals surface area contributed by atoms with Gasteiger partial charge >= 0.3 is 5.97 Å². The lowest BCUT2D eigenvalue weighted by atomic mass is 10.2. The van der Waals surface area contributed by atoms with E-state index in [9.17, 15) is 4.79 Å². The molecule has 0 unspecified atom stereocenters. The summed E-state index contributed by atoms with van der Waals surface area (Å²) < 4.78 is 6.83. The topological polar surface area (TPSA) is 31.2 Å². The monoisotopic (exact) mass is 231 g/mol. The lowest BCUT2D eigenvalue weighted by Crippen LogP contribution is -2.07. The Morgan fingerprint density at radius 1 is 1.29 bits per heavy atom. The van der Waals surface area contributed by atoms with Crippen molar-refractivity contribution in [1.82, 2.24) is 4.57 Å². The predicted molar refractivity (Wildman–Crippen MR) is 68.0 cm³/mol. The highest BCUT2D eigenvalue weighted by Crippen LogP contribution is 2.21. The third kappa shape index (κ3) is 2.33. The summed E-state index contributed by atoms with van der Waals surface area (Å²) in [6, 6.07) is 8.52. The van der Waals surface area contributed by atoms with Crippen molar-refractivity contribution in [3.8, 4) is 0 Å². The SMILES string of the molecule is COC(=O)CCn1c(C)cc2cc(C)ccc21. The van der Waals surface area contributed by atoms with Crippen LogP contribution in [-0.4, -0.2) is 17.6 Å². The van der Waals surface area contributed by atoms with E-state index in [1.807, 2.05) is 0 Å². The number of aromatic nitrogens is 1. The molecule has 0 radical (unpaired) electrons. The van der Waals surface area contributed by atoms with E-state index in [2.05, 4.69) is 47.4 Å². The third-order valence-electron chi connectivity index (χ3n) is 3.03. The first-order valence-corrected chi connectivity index (χ1v) is 5.75. The van der Waals surface area contributed by atoms with Gasteiger partial charge in [-0.3, -0.25) is 4.79 Å². The molecule has 1 aromatic heterocycles. The van der Waals surface area contributed by atoms with Crippen LogP contribution in [0, 0.1) is 13.8 Å². The van der Waals surface area contributed by atoms with Crippen molar-refractivity contribution in [3.63, 3.8) is 0 Å². The maximum atomic E-state index is 11.2. The van der Waals surface area contributed by atoms with Gasteiger partial charge in [0, 0.05) is 23.1 Å². The summed E-state index contributed by atoms with van der Waals surface area (Å²) in [7, 11) is 1.42. The Labute approximate surface area is 101 Å². The van der Waals surface area contributed by atoms with Crippen molar-refractivity contribution in [2.45, 2.75) is 26.8 Å². The second-order valence-corrected chi connectivity index (χ2v) is 4.33. The van der Waals surface area contributed by atoms with Crippen molar-refractivity contribution in [2.75, 3.05) is 7.11 Å². The van der Waals surface area contributed by atoms with E-state index in [4.69, 9.17) is 0 Å². The van der Waals surface area contributed by atoms with Crippen LogP contribution in [0.3, 0.4) is 0 Å². The number of ether oxygens (including phenoxy) is 1. The summed E-state index contributed by atoms with van der Waals surface area (Å²) in [5.74, 6) is -0.168. The lowest BCUT2D eigenvalue weighted by Gasteiger charge is -2.07. The zero-order valence-electron chi connectivity index (χ0n) is 10.5. The van der Waals surface area contributed by atoms with Crippen LogP contribution in [0.25, 0.3) is 10.9 Å². The number of hydrogen-bond acceptors (Lipinski definition) is 2. The smallest absolute Gasteiger partial charge is 0.307 e. The van der Waals surface area contributed by atoms with Crippen LogP contribution < -0.4 is 0 Å². The molecule has 0 N–H and O–H groups in total. The molecule has 17 heavy (non-hydrogen) atoms.